The summed E-state index contributed by atoms with van der Waals surface area (Å²) >= 11 is 5.67. The monoisotopic (exact) mass is 412 g/mol. The maximum absolute atomic E-state index is 13.6. The Labute approximate surface area is 181 Å². The van der Waals surface area contributed by atoms with Crippen LogP contribution in [-0.4, -0.2) is 29.0 Å². The molecule has 4 atom stereocenters. The van der Waals surface area contributed by atoms with Crippen molar-refractivity contribution in [2.75, 3.05) is 13.1 Å². The molecule has 5 rings (SSSR count). The number of rotatable bonds is 6. The molecule has 2 unspecified atom stereocenters. The molecule has 158 valence electrons. The Balaban J connectivity index is 1.56. The topological polar surface area (TPSA) is 32.3 Å². The van der Waals surface area contributed by atoms with E-state index in [9.17, 15) is 4.79 Å². The van der Waals surface area contributed by atoms with Crippen molar-refractivity contribution in [1.82, 2.24) is 10.2 Å². The van der Waals surface area contributed by atoms with Gasteiger partial charge in [-0.15, -0.1) is 0 Å². The molecule has 4 fully saturated rings. The summed E-state index contributed by atoms with van der Waals surface area (Å²) in [4.78, 5) is 15.8. The van der Waals surface area contributed by atoms with Crippen LogP contribution in [0.2, 0.25) is 0 Å². The van der Waals surface area contributed by atoms with Crippen LogP contribution in [0.3, 0.4) is 0 Å². The highest BCUT2D eigenvalue weighted by molar-refractivity contribution is 7.80. The number of nitrogens with zero attached hydrogens (tertiary/aromatic N) is 1. The van der Waals surface area contributed by atoms with Crippen LogP contribution >= 0.6 is 12.2 Å². The first kappa shape index (κ1) is 20.8. The number of hydrogen-bond acceptors (Lipinski definition) is 2. The molecule has 4 aliphatic rings. The van der Waals surface area contributed by atoms with E-state index < -0.39 is 0 Å². The molecule has 1 aromatic rings. The maximum Gasteiger partial charge on any atom is 0.232 e. The molecule has 0 radical (unpaired) electrons. The maximum atomic E-state index is 13.6. The van der Waals surface area contributed by atoms with Crippen LogP contribution in [0.4, 0.5) is 0 Å². The zero-order valence-corrected chi connectivity index (χ0v) is 19.1. The van der Waals surface area contributed by atoms with Gasteiger partial charge in [-0.3, -0.25) is 4.79 Å². The van der Waals surface area contributed by atoms with E-state index in [1.54, 1.807) is 0 Å². The summed E-state index contributed by atoms with van der Waals surface area (Å²) in [6.45, 7) is 8.31. The molecule has 4 aliphatic carbocycles. The van der Waals surface area contributed by atoms with E-state index in [4.69, 9.17) is 12.2 Å². The largest absolute Gasteiger partial charge is 0.349 e. The highest BCUT2D eigenvalue weighted by Crippen LogP contribution is 2.65. The average molecular weight is 413 g/mol. The second-order valence-electron chi connectivity index (χ2n) is 10.1. The van der Waals surface area contributed by atoms with Gasteiger partial charge in [0.1, 0.15) is 0 Å². The Morgan fingerprint density at radius 3 is 2.21 bits per heavy atom. The lowest BCUT2D eigenvalue weighted by molar-refractivity contribution is -0.147. The van der Waals surface area contributed by atoms with Crippen LogP contribution in [-0.2, 0) is 10.2 Å². The SMILES string of the molecule is CCCN(CCC)C(=S)NC(=O)C12C[C@H]3C[C@@H](C1)CC(c1ccc(C)cc1)(C3)C2. The molecule has 3 nitrogen and oxygen atoms in total. The normalized spacial score (nSPS) is 32.2. The van der Waals surface area contributed by atoms with Crippen LogP contribution in [0.25, 0.3) is 0 Å². The van der Waals surface area contributed by atoms with Crippen molar-refractivity contribution >= 4 is 23.2 Å². The van der Waals surface area contributed by atoms with Crippen molar-refractivity contribution in [1.29, 1.82) is 0 Å². The van der Waals surface area contributed by atoms with Crippen LogP contribution in [0.1, 0.15) is 76.3 Å². The van der Waals surface area contributed by atoms with Gasteiger partial charge in [0.2, 0.25) is 5.91 Å². The lowest BCUT2D eigenvalue weighted by Gasteiger charge is -2.61. The third-order valence-electron chi connectivity index (χ3n) is 7.70. The van der Waals surface area contributed by atoms with Gasteiger partial charge in [-0.1, -0.05) is 43.7 Å². The summed E-state index contributed by atoms with van der Waals surface area (Å²) in [6, 6.07) is 9.12. The predicted octanol–water partition coefficient (Wildman–Crippen LogP) is 5.36. The second-order valence-corrected chi connectivity index (χ2v) is 10.5. The van der Waals surface area contributed by atoms with Gasteiger partial charge in [-0.05, 0) is 93.3 Å². The summed E-state index contributed by atoms with van der Waals surface area (Å²) < 4.78 is 0. The Morgan fingerprint density at radius 1 is 1.07 bits per heavy atom. The molecule has 1 amide bonds. The Morgan fingerprint density at radius 2 is 1.66 bits per heavy atom. The summed E-state index contributed by atoms with van der Waals surface area (Å²) in [5.74, 6) is 1.56. The van der Waals surface area contributed by atoms with E-state index in [1.165, 1.54) is 30.4 Å². The zero-order valence-electron chi connectivity index (χ0n) is 18.3. The summed E-state index contributed by atoms with van der Waals surface area (Å²) in [5, 5.41) is 3.84. The highest BCUT2D eigenvalue weighted by Gasteiger charge is 2.61. The molecular formula is C25H36N2OS. The van der Waals surface area contributed by atoms with Gasteiger partial charge in [0.15, 0.2) is 5.11 Å². The number of amides is 1. The number of thiocarbonyl (C=S) groups is 1. The summed E-state index contributed by atoms with van der Waals surface area (Å²) in [7, 11) is 0. The van der Waals surface area contributed by atoms with Crippen molar-refractivity contribution in [2.45, 2.75) is 77.6 Å². The first-order valence-electron chi connectivity index (χ1n) is 11.6. The van der Waals surface area contributed by atoms with Crippen molar-refractivity contribution < 1.29 is 4.79 Å². The third kappa shape index (κ3) is 3.85. The lowest BCUT2D eigenvalue weighted by Crippen LogP contribution is -2.60. The molecule has 0 spiro atoms. The number of hydrogen-bond donors (Lipinski definition) is 1. The van der Waals surface area contributed by atoms with Crippen LogP contribution in [0.5, 0.6) is 0 Å². The zero-order chi connectivity index (χ0) is 20.6. The smallest absolute Gasteiger partial charge is 0.232 e. The molecule has 29 heavy (non-hydrogen) atoms. The molecular weight excluding hydrogens is 376 g/mol. The molecule has 1 N–H and O–H groups in total. The molecule has 0 aromatic heterocycles. The fraction of sp³-hybridized carbons (Fsp3) is 0.680. The fourth-order valence-corrected chi connectivity index (χ4v) is 7.21. The van der Waals surface area contributed by atoms with Gasteiger partial charge in [0, 0.05) is 13.1 Å². The number of carbonyl (C=O) groups is 1. The molecule has 4 bridgehead atoms. The summed E-state index contributed by atoms with van der Waals surface area (Å²) in [6.07, 6.45) is 8.99. The van der Waals surface area contributed by atoms with E-state index in [0.29, 0.717) is 16.9 Å². The fourth-order valence-electron chi connectivity index (χ4n) is 6.94. The van der Waals surface area contributed by atoms with E-state index in [2.05, 4.69) is 55.3 Å². The van der Waals surface area contributed by atoms with Crippen LogP contribution in [0.15, 0.2) is 24.3 Å². The van der Waals surface area contributed by atoms with Gasteiger partial charge < -0.3 is 10.2 Å². The van der Waals surface area contributed by atoms with E-state index in [1.807, 2.05) is 0 Å². The lowest BCUT2D eigenvalue weighted by atomic mass is 9.42. The second kappa shape index (κ2) is 8.02. The number of carbonyl (C=O) groups excluding carboxylic acids is 1. The quantitative estimate of drug-likeness (QED) is 0.639. The van der Waals surface area contributed by atoms with Crippen molar-refractivity contribution in [2.24, 2.45) is 17.3 Å². The average Bonchev–Trinajstić information content (AvgIpc) is 2.67. The van der Waals surface area contributed by atoms with Crippen molar-refractivity contribution in [3.63, 3.8) is 0 Å². The Hall–Kier alpha value is -1.42. The molecule has 0 heterocycles. The van der Waals surface area contributed by atoms with E-state index in [0.717, 1.165) is 45.2 Å². The minimum absolute atomic E-state index is 0.184. The van der Waals surface area contributed by atoms with Gasteiger partial charge >= 0.3 is 0 Å². The van der Waals surface area contributed by atoms with Gasteiger partial charge in [0.05, 0.1) is 5.41 Å². The first-order valence-corrected chi connectivity index (χ1v) is 12.0. The van der Waals surface area contributed by atoms with Crippen molar-refractivity contribution in [3.05, 3.63) is 35.4 Å². The van der Waals surface area contributed by atoms with E-state index >= 15 is 0 Å². The van der Waals surface area contributed by atoms with Gasteiger partial charge in [-0.25, -0.2) is 0 Å². The van der Waals surface area contributed by atoms with Crippen LogP contribution < -0.4 is 5.32 Å². The Kier molecular flexibility index (Phi) is 5.76. The molecule has 0 aliphatic heterocycles. The van der Waals surface area contributed by atoms with Gasteiger partial charge in [0.25, 0.3) is 0 Å². The number of benzene rings is 1. The molecule has 4 saturated carbocycles. The van der Waals surface area contributed by atoms with E-state index in [-0.39, 0.29) is 16.7 Å². The molecule has 4 heteroatoms. The predicted molar refractivity (Wildman–Crippen MR) is 123 cm³/mol. The molecule has 0 saturated heterocycles. The highest BCUT2D eigenvalue weighted by atomic mass is 32.1. The Bertz CT molecular complexity index is 752. The minimum atomic E-state index is -0.233. The first-order chi connectivity index (χ1) is 13.9. The number of aryl methyl sites for hydroxylation is 1. The van der Waals surface area contributed by atoms with Crippen molar-refractivity contribution in [3.8, 4) is 0 Å². The molecule has 1 aromatic carbocycles. The third-order valence-corrected chi connectivity index (χ3v) is 8.06. The van der Waals surface area contributed by atoms with Crippen LogP contribution in [0, 0.1) is 24.2 Å². The van der Waals surface area contributed by atoms with Gasteiger partial charge in [-0.2, -0.15) is 0 Å². The summed E-state index contributed by atoms with van der Waals surface area (Å²) in [5.41, 5.74) is 2.71. The number of nitrogens with one attached hydrogen (secondary N) is 1. The minimum Gasteiger partial charge on any atom is -0.349 e. The standard InChI is InChI=1S/C25H36N2OS/c1-4-10-27(11-5-2)23(29)26-22(28)25-15-19-12-20(16-25)14-24(13-19,17-25)21-8-6-18(3)7-9-21/h6-9,19-20H,4-5,10-17H2,1-3H3,(H,26,28,29)/t19-,20+,24?,25?.